The van der Waals surface area contributed by atoms with Gasteiger partial charge in [-0.1, -0.05) is 61.1 Å². The number of aryl methyl sites for hydroxylation is 1. The maximum Gasteiger partial charge on any atom is 0.303 e. The molecule has 4 heteroatoms. The summed E-state index contributed by atoms with van der Waals surface area (Å²) in [5, 5.41) is 10.5. The van der Waals surface area contributed by atoms with Crippen LogP contribution in [0.2, 0.25) is 0 Å². The summed E-state index contributed by atoms with van der Waals surface area (Å²) in [6.07, 6.45) is 24.3. The molecular weight excluding hydrogens is 456 g/mol. The minimum absolute atomic E-state index is 0.292. The molecule has 0 amide bonds. The van der Waals surface area contributed by atoms with Crippen molar-refractivity contribution in [2.24, 2.45) is 11.8 Å². The number of rotatable bonds is 18. The van der Waals surface area contributed by atoms with Crippen LogP contribution in [0.4, 0.5) is 0 Å². The topological polar surface area (TPSA) is 37.3 Å². The van der Waals surface area contributed by atoms with Crippen molar-refractivity contribution in [2.75, 3.05) is 11.5 Å². The number of carbonyl (C=O) groups is 1. The van der Waals surface area contributed by atoms with Gasteiger partial charge in [-0.2, -0.15) is 23.5 Å². The van der Waals surface area contributed by atoms with E-state index in [2.05, 4.69) is 78.2 Å². The highest BCUT2D eigenvalue weighted by atomic mass is 32.2. The molecule has 0 unspecified atom stereocenters. The van der Waals surface area contributed by atoms with Crippen molar-refractivity contribution in [2.45, 2.75) is 94.0 Å². The molecule has 1 aromatic rings. The lowest BCUT2D eigenvalue weighted by molar-refractivity contribution is -0.137. The van der Waals surface area contributed by atoms with Gasteiger partial charge in [0, 0.05) is 16.9 Å². The number of carboxylic acid groups (broad SMARTS) is 1. The molecule has 1 N–H and O–H groups in total. The normalized spacial score (nSPS) is 24.0. The number of benzene rings is 1. The van der Waals surface area contributed by atoms with Crippen LogP contribution in [0.5, 0.6) is 0 Å². The Bertz CT molecular complexity index is 745. The molecule has 0 aromatic heterocycles. The number of hydrogen-bond acceptors (Lipinski definition) is 3. The van der Waals surface area contributed by atoms with Crippen molar-refractivity contribution in [1.29, 1.82) is 0 Å². The number of thioether (sulfide) groups is 2. The summed E-state index contributed by atoms with van der Waals surface area (Å²) >= 11 is 4.40. The van der Waals surface area contributed by atoms with Crippen LogP contribution in [0.15, 0.2) is 54.6 Å². The fraction of sp³-hybridized carbons (Fsp3) is 0.633. The predicted octanol–water partition coefficient (Wildman–Crippen LogP) is 8.57. The van der Waals surface area contributed by atoms with Gasteiger partial charge in [-0.25, -0.2) is 0 Å². The van der Waals surface area contributed by atoms with Gasteiger partial charge in [0.1, 0.15) is 0 Å². The molecule has 1 aromatic carbocycles. The first-order chi connectivity index (χ1) is 16.7. The monoisotopic (exact) mass is 500 g/mol. The zero-order valence-corrected chi connectivity index (χ0v) is 22.4. The van der Waals surface area contributed by atoms with Gasteiger partial charge in [-0.15, -0.1) is 0 Å². The molecule has 0 aliphatic carbocycles. The van der Waals surface area contributed by atoms with E-state index in [-0.39, 0.29) is 0 Å². The SMILES string of the molecule is O=C(O)CCCC=CC[C@@H]1[C@H](CCCCSCCC=CCCCc2ccccc2)[C@@H]2CC[C@H]1S2. The van der Waals surface area contributed by atoms with E-state index in [0.29, 0.717) is 6.42 Å². The first-order valence-electron chi connectivity index (χ1n) is 13.5. The molecule has 2 bridgehead atoms. The molecule has 0 spiro atoms. The Morgan fingerprint density at radius 3 is 2.44 bits per heavy atom. The summed E-state index contributed by atoms with van der Waals surface area (Å²) in [4.78, 5) is 10.6. The molecule has 2 saturated heterocycles. The molecule has 188 valence electrons. The van der Waals surface area contributed by atoms with Crippen LogP contribution in [0, 0.1) is 11.8 Å². The largest absolute Gasteiger partial charge is 0.481 e. The van der Waals surface area contributed by atoms with Crippen molar-refractivity contribution in [3.05, 3.63) is 60.2 Å². The average molecular weight is 501 g/mol. The second kappa shape index (κ2) is 16.5. The number of allylic oxidation sites excluding steroid dienone is 4. The van der Waals surface area contributed by atoms with Crippen LogP contribution in [-0.4, -0.2) is 33.1 Å². The van der Waals surface area contributed by atoms with E-state index in [4.69, 9.17) is 5.11 Å². The fourth-order valence-electron chi connectivity index (χ4n) is 5.48. The first kappa shape index (κ1) is 27.5. The Hall–Kier alpha value is -1.13. The Kier molecular flexibility index (Phi) is 13.3. The molecule has 3 rings (SSSR count). The maximum absolute atomic E-state index is 10.6. The molecule has 2 aliphatic heterocycles. The van der Waals surface area contributed by atoms with Crippen LogP contribution in [0.3, 0.4) is 0 Å². The number of aliphatic carboxylic acids is 1. The number of fused-ring (bicyclic) bond motifs is 2. The van der Waals surface area contributed by atoms with Crippen molar-refractivity contribution in [3.8, 4) is 0 Å². The van der Waals surface area contributed by atoms with E-state index in [1.54, 1.807) is 0 Å². The van der Waals surface area contributed by atoms with E-state index in [1.807, 2.05) is 0 Å². The molecule has 0 radical (unpaired) electrons. The lowest BCUT2D eigenvalue weighted by atomic mass is 9.75. The Morgan fingerprint density at radius 1 is 0.882 bits per heavy atom. The van der Waals surface area contributed by atoms with Gasteiger partial charge in [0.15, 0.2) is 0 Å². The highest BCUT2D eigenvalue weighted by Crippen LogP contribution is 2.55. The van der Waals surface area contributed by atoms with E-state index in [1.165, 1.54) is 81.3 Å². The smallest absolute Gasteiger partial charge is 0.303 e. The lowest BCUT2D eigenvalue weighted by Gasteiger charge is -2.29. The van der Waals surface area contributed by atoms with Crippen LogP contribution < -0.4 is 0 Å². The van der Waals surface area contributed by atoms with Crippen LogP contribution in [-0.2, 0) is 11.2 Å². The van der Waals surface area contributed by atoms with Crippen molar-refractivity contribution in [1.82, 2.24) is 0 Å². The van der Waals surface area contributed by atoms with Gasteiger partial charge in [0.25, 0.3) is 0 Å². The second-order valence-electron chi connectivity index (χ2n) is 9.86. The summed E-state index contributed by atoms with van der Waals surface area (Å²) < 4.78 is 0. The zero-order valence-electron chi connectivity index (χ0n) is 20.8. The standard InChI is InChI=1S/C30H44O2S2/c31-30(32)20-11-4-3-10-18-26-27(29-22-21-28(26)34-29)19-12-14-24-33-23-13-5-1-2-7-15-25-16-8-6-9-17-25/h1,3,5-6,8-10,16-17,26-29H,2,4,7,11-15,18-24H2,(H,31,32)/t26-,27+,28-,29+/m1/s1. The summed E-state index contributed by atoms with van der Waals surface area (Å²) in [6, 6.07) is 10.8. The molecule has 0 saturated carbocycles. The Balaban J connectivity index is 1.18. The van der Waals surface area contributed by atoms with E-state index in [9.17, 15) is 4.79 Å². The van der Waals surface area contributed by atoms with E-state index < -0.39 is 5.97 Å². The van der Waals surface area contributed by atoms with Crippen LogP contribution in [0.25, 0.3) is 0 Å². The number of unbranched alkanes of at least 4 members (excludes halogenated alkanes) is 3. The summed E-state index contributed by atoms with van der Waals surface area (Å²) in [7, 11) is 0. The summed E-state index contributed by atoms with van der Waals surface area (Å²) in [5.41, 5.74) is 1.45. The number of carboxylic acids is 1. The Morgan fingerprint density at radius 2 is 1.62 bits per heavy atom. The zero-order chi connectivity index (χ0) is 23.8. The predicted molar refractivity (Wildman–Crippen MR) is 151 cm³/mol. The molecule has 4 atom stereocenters. The quantitative estimate of drug-likeness (QED) is 0.162. The van der Waals surface area contributed by atoms with Crippen molar-refractivity contribution >= 4 is 29.5 Å². The van der Waals surface area contributed by atoms with Gasteiger partial charge in [0.05, 0.1) is 0 Å². The third-order valence-corrected chi connectivity index (χ3v) is 10.2. The van der Waals surface area contributed by atoms with E-state index >= 15 is 0 Å². The molecule has 2 heterocycles. The molecule has 2 aliphatic rings. The molecule has 2 nitrogen and oxygen atoms in total. The highest BCUT2D eigenvalue weighted by Gasteiger charge is 2.46. The maximum atomic E-state index is 10.6. The van der Waals surface area contributed by atoms with Crippen LogP contribution >= 0.6 is 23.5 Å². The minimum atomic E-state index is -0.679. The van der Waals surface area contributed by atoms with Gasteiger partial charge < -0.3 is 5.11 Å². The van der Waals surface area contributed by atoms with Gasteiger partial charge in [0.2, 0.25) is 0 Å². The van der Waals surface area contributed by atoms with Gasteiger partial charge in [-0.05, 0) is 99.5 Å². The minimum Gasteiger partial charge on any atom is -0.481 e. The third-order valence-electron chi connectivity index (χ3n) is 7.28. The lowest BCUT2D eigenvalue weighted by Crippen LogP contribution is -2.26. The first-order valence-corrected chi connectivity index (χ1v) is 15.6. The molecule has 2 fully saturated rings. The van der Waals surface area contributed by atoms with Gasteiger partial charge in [-0.3, -0.25) is 4.79 Å². The molecular formula is C30H44O2S2. The number of hydrogen-bond donors (Lipinski definition) is 1. The Labute approximate surface area is 216 Å². The summed E-state index contributed by atoms with van der Waals surface area (Å²) in [5.74, 6) is 3.66. The molecule has 34 heavy (non-hydrogen) atoms. The summed E-state index contributed by atoms with van der Waals surface area (Å²) in [6.45, 7) is 0. The van der Waals surface area contributed by atoms with E-state index in [0.717, 1.165) is 35.2 Å². The third kappa shape index (κ3) is 10.2. The van der Waals surface area contributed by atoms with Crippen molar-refractivity contribution < 1.29 is 9.90 Å². The van der Waals surface area contributed by atoms with Crippen molar-refractivity contribution in [3.63, 3.8) is 0 Å². The second-order valence-corrected chi connectivity index (χ2v) is 12.6. The van der Waals surface area contributed by atoms with Crippen LogP contribution in [0.1, 0.15) is 82.6 Å². The highest BCUT2D eigenvalue weighted by molar-refractivity contribution is 8.01. The average Bonchev–Trinajstić information content (AvgIpc) is 3.44. The van der Waals surface area contributed by atoms with Gasteiger partial charge >= 0.3 is 5.97 Å². The fourth-order valence-corrected chi connectivity index (χ4v) is 8.44.